The van der Waals surface area contributed by atoms with E-state index in [9.17, 15) is 9.18 Å². The molecule has 0 unspecified atom stereocenters. The second kappa shape index (κ2) is 5.39. The maximum Gasteiger partial charge on any atom is 0.242 e. The minimum Gasteiger partial charge on any atom is -0.370 e. The van der Waals surface area contributed by atoms with E-state index in [4.69, 9.17) is 10.5 Å². The van der Waals surface area contributed by atoms with Crippen LogP contribution < -0.4 is 5.73 Å². The molecular weight excluding hydrogens is 271 g/mol. The van der Waals surface area contributed by atoms with E-state index in [0.29, 0.717) is 25.3 Å². The van der Waals surface area contributed by atoms with E-state index in [1.807, 2.05) is 0 Å². The van der Waals surface area contributed by atoms with Crippen LogP contribution in [0.2, 0.25) is 0 Å². The molecule has 21 heavy (non-hydrogen) atoms. The number of hydrogen-bond acceptors (Lipinski definition) is 3. The van der Waals surface area contributed by atoms with Crippen LogP contribution in [0.5, 0.6) is 0 Å². The summed E-state index contributed by atoms with van der Waals surface area (Å²) in [7, 11) is 0. The van der Waals surface area contributed by atoms with Gasteiger partial charge < -0.3 is 15.4 Å². The van der Waals surface area contributed by atoms with E-state index < -0.39 is 11.6 Å². The maximum absolute atomic E-state index is 13.9. The Morgan fingerprint density at radius 3 is 2.81 bits per heavy atom. The second-order valence-electron chi connectivity index (χ2n) is 6.19. The van der Waals surface area contributed by atoms with Gasteiger partial charge in [0.1, 0.15) is 11.9 Å². The Bertz CT molecular complexity index is 543. The summed E-state index contributed by atoms with van der Waals surface area (Å²) in [4.78, 5) is 14.3. The van der Waals surface area contributed by atoms with E-state index in [0.717, 1.165) is 12.8 Å². The molecule has 1 saturated carbocycles. The van der Waals surface area contributed by atoms with Crippen LogP contribution in [0.3, 0.4) is 0 Å². The fraction of sp³-hybridized carbons (Fsp3) is 0.562. The molecule has 1 aliphatic carbocycles. The topological polar surface area (TPSA) is 55.6 Å². The number of carbonyl (C=O) groups is 1. The summed E-state index contributed by atoms with van der Waals surface area (Å²) in [5, 5.41) is 0. The lowest BCUT2D eigenvalue weighted by Gasteiger charge is -2.37. The number of nitrogens with zero attached hydrogens (tertiary/aromatic N) is 1. The number of halogens is 1. The van der Waals surface area contributed by atoms with Crippen molar-refractivity contribution in [2.45, 2.75) is 31.4 Å². The summed E-state index contributed by atoms with van der Waals surface area (Å²) in [5.41, 5.74) is 5.90. The molecule has 2 fully saturated rings. The lowest BCUT2D eigenvalue weighted by Crippen LogP contribution is -2.57. The Morgan fingerprint density at radius 1 is 1.43 bits per heavy atom. The first-order chi connectivity index (χ1) is 10.00. The van der Waals surface area contributed by atoms with Crippen molar-refractivity contribution in [2.24, 2.45) is 11.7 Å². The molecule has 0 aromatic heterocycles. The van der Waals surface area contributed by atoms with Crippen molar-refractivity contribution in [3.8, 4) is 0 Å². The molecule has 114 valence electrons. The van der Waals surface area contributed by atoms with E-state index in [-0.39, 0.29) is 17.6 Å². The number of morpholine rings is 1. The van der Waals surface area contributed by atoms with Gasteiger partial charge >= 0.3 is 0 Å². The molecule has 4 nitrogen and oxygen atoms in total. The standard InChI is InChI=1S/C16H21FN2O2/c1-16(18,11-6-7-11)15(20)19-8-9-21-14(10-19)12-4-2-3-5-13(12)17/h2-5,11,14H,6-10,18H2,1H3/t14-,16-/m1/s1. The summed E-state index contributed by atoms with van der Waals surface area (Å²) >= 11 is 0. The Kier molecular flexibility index (Phi) is 3.71. The Morgan fingerprint density at radius 2 is 2.14 bits per heavy atom. The molecule has 0 spiro atoms. The van der Waals surface area contributed by atoms with Gasteiger partial charge in [0, 0.05) is 12.1 Å². The van der Waals surface area contributed by atoms with Gasteiger partial charge in [-0.15, -0.1) is 0 Å². The molecule has 1 aromatic rings. The monoisotopic (exact) mass is 292 g/mol. The largest absolute Gasteiger partial charge is 0.370 e. The molecule has 0 radical (unpaired) electrons. The number of benzene rings is 1. The van der Waals surface area contributed by atoms with Crippen LogP contribution >= 0.6 is 0 Å². The van der Waals surface area contributed by atoms with Crippen molar-refractivity contribution in [3.05, 3.63) is 35.6 Å². The first kappa shape index (κ1) is 14.5. The maximum atomic E-state index is 13.9. The first-order valence-corrected chi connectivity index (χ1v) is 7.44. The molecule has 1 aliphatic heterocycles. The lowest BCUT2D eigenvalue weighted by molar-refractivity contribution is -0.145. The predicted octanol–water partition coefficient (Wildman–Crippen LogP) is 1.85. The van der Waals surface area contributed by atoms with Crippen LogP contribution in [0.4, 0.5) is 4.39 Å². The quantitative estimate of drug-likeness (QED) is 0.925. The lowest BCUT2D eigenvalue weighted by atomic mass is 9.94. The number of rotatable bonds is 3. The molecule has 1 aromatic carbocycles. The van der Waals surface area contributed by atoms with Crippen LogP contribution in [-0.2, 0) is 9.53 Å². The van der Waals surface area contributed by atoms with E-state index in [1.54, 1.807) is 30.0 Å². The minimum atomic E-state index is -0.808. The summed E-state index contributed by atoms with van der Waals surface area (Å²) in [5.74, 6) is -0.0658. The zero-order valence-electron chi connectivity index (χ0n) is 12.2. The fourth-order valence-corrected chi connectivity index (χ4v) is 2.96. The van der Waals surface area contributed by atoms with Crippen LogP contribution in [-0.4, -0.2) is 36.0 Å². The first-order valence-electron chi connectivity index (χ1n) is 7.44. The summed E-state index contributed by atoms with van der Waals surface area (Å²) in [6.45, 7) is 3.09. The number of amides is 1. The highest BCUT2D eigenvalue weighted by Gasteiger charge is 2.46. The van der Waals surface area contributed by atoms with Gasteiger partial charge in [-0.2, -0.15) is 0 Å². The van der Waals surface area contributed by atoms with E-state index in [2.05, 4.69) is 0 Å². The third-order valence-corrected chi connectivity index (χ3v) is 4.49. The molecule has 1 amide bonds. The summed E-state index contributed by atoms with van der Waals surface area (Å²) < 4.78 is 19.5. The highest BCUT2D eigenvalue weighted by molar-refractivity contribution is 5.86. The third-order valence-electron chi connectivity index (χ3n) is 4.49. The molecule has 2 aliphatic rings. The van der Waals surface area contributed by atoms with Crippen molar-refractivity contribution in [1.82, 2.24) is 4.90 Å². The van der Waals surface area contributed by atoms with Crippen molar-refractivity contribution in [3.63, 3.8) is 0 Å². The van der Waals surface area contributed by atoms with Crippen LogP contribution in [0.15, 0.2) is 24.3 Å². The normalized spacial score (nSPS) is 25.5. The van der Waals surface area contributed by atoms with Gasteiger partial charge in [0.25, 0.3) is 0 Å². The van der Waals surface area contributed by atoms with Gasteiger partial charge in [-0.1, -0.05) is 18.2 Å². The van der Waals surface area contributed by atoms with Crippen molar-refractivity contribution in [1.29, 1.82) is 0 Å². The minimum absolute atomic E-state index is 0.0466. The zero-order valence-corrected chi connectivity index (χ0v) is 12.2. The molecular formula is C16H21FN2O2. The van der Waals surface area contributed by atoms with Crippen LogP contribution in [0.25, 0.3) is 0 Å². The van der Waals surface area contributed by atoms with Crippen molar-refractivity contribution in [2.75, 3.05) is 19.7 Å². The van der Waals surface area contributed by atoms with Crippen molar-refractivity contribution >= 4 is 5.91 Å². The fourth-order valence-electron chi connectivity index (χ4n) is 2.96. The van der Waals surface area contributed by atoms with Crippen LogP contribution in [0, 0.1) is 11.7 Å². The Hall–Kier alpha value is -1.46. The molecule has 3 rings (SSSR count). The Labute approximate surface area is 124 Å². The van der Waals surface area contributed by atoms with Gasteiger partial charge in [-0.25, -0.2) is 4.39 Å². The highest BCUT2D eigenvalue weighted by Crippen LogP contribution is 2.39. The molecule has 0 bridgehead atoms. The second-order valence-corrected chi connectivity index (χ2v) is 6.19. The van der Waals surface area contributed by atoms with Gasteiger partial charge in [-0.05, 0) is 31.7 Å². The van der Waals surface area contributed by atoms with E-state index in [1.165, 1.54) is 6.07 Å². The number of carbonyl (C=O) groups excluding carboxylic acids is 1. The number of ether oxygens (including phenoxy) is 1. The number of nitrogens with two attached hydrogens (primary N) is 1. The highest BCUT2D eigenvalue weighted by atomic mass is 19.1. The molecule has 1 heterocycles. The smallest absolute Gasteiger partial charge is 0.242 e. The predicted molar refractivity (Wildman–Crippen MR) is 77.0 cm³/mol. The van der Waals surface area contributed by atoms with E-state index >= 15 is 0 Å². The Balaban J connectivity index is 1.74. The molecule has 1 saturated heterocycles. The van der Waals surface area contributed by atoms with Crippen LogP contribution in [0.1, 0.15) is 31.4 Å². The zero-order chi connectivity index (χ0) is 15.0. The summed E-state index contributed by atoms with van der Waals surface area (Å²) in [6.07, 6.45) is 1.61. The molecule has 2 N–H and O–H groups in total. The summed E-state index contributed by atoms with van der Waals surface area (Å²) in [6, 6.07) is 6.54. The van der Waals surface area contributed by atoms with Gasteiger partial charge in [0.2, 0.25) is 5.91 Å². The van der Waals surface area contributed by atoms with Gasteiger partial charge in [-0.3, -0.25) is 4.79 Å². The average Bonchev–Trinajstić information content (AvgIpc) is 3.32. The van der Waals surface area contributed by atoms with Gasteiger partial charge in [0.15, 0.2) is 0 Å². The molecule has 5 heteroatoms. The third kappa shape index (κ3) is 2.80. The molecule has 2 atom stereocenters. The average molecular weight is 292 g/mol. The number of hydrogen-bond donors (Lipinski definition) is 1. The van der Waals surface area contributed by atoms with Crippen molar-refractivity contribution < 1.29 is 13.9 Å². The van der Waals surface area contributed by atoms with Gasteiger partial charge in [0.05, 0.1) is 18.7 Å². The SMILES string of the molecule is C[C@](N)(C(=O)N1CCO[C@@H](c2ccccc2F)C1)C1CC1.